The maximum Gasteiger partial charge on any atom is 0.211 e. The number of benzene rings is 3. The SMILES string of the molecule is COc1cc2c(cc1OC)CN1CCc3cc(OC)c(OS(=O)Cc4ccccc4)cc3C1C2. The van der Waals surface area contributed by atoms with Crippen molar-refractivity contribution in [3.63, 3.8) is 0 Å². The number of nitrogens with zero attached hydrogens (tertiary/aromatic N) is 1. The highest BCUT2D eigenvalue weighted by atomic mass is 32.2. The molecule has 0 aliphatic carbocycles. The lowest BCUT2D eigenvalue weighted by atomic mass is 9.83. The van der Waals surface area contributed by atoms with Gasteiger partial charge in [-0.2, -0.15) is 0 Å². The Morgan fingerprint density at radius 3 is 2.21 bits per heavy atom. The molecule has 0 bridgehead atoms. The Morgan fingerprint density at radius 1 is 0.853 bits per heavy atom. The molecule has 3 aromatic carbocycles. The Hall–Kier alpha value is -3.03. The molecule has 0 saturated carbocycles. The molecular formula is C27H29NO5S. The van der Waals surface area contributed by atoms with Gasteiger partial charge in [0.2, 0.25) is 11.1 Å². The van der Waals surface area contributed by atoms with E-state index >= 15 is 0 Å². The molecule has 3 aromatic rings. The van der Waals surface area contributed by atoms with Gasteiger partial charge in [0.25, 0.3) is 0 Å². The zero-order chi connectivity index (χ0) is 23.7. The lowest BCUT2D eigenvalue weighted by molar-refractivity contribution is 0.160. The average Bonchev–Trinajstić information content (AvgIpc) is 2.86. The van der Waals surface area contributed by atoms with Gasteiger partial charge in [-0.05, 0) is 64.9 Å². The highest BCUT2D eigenvalue weighted by molar-refractivity contribution is 7.79. The second-order valence-electron chi connectivity index (χ2n) is 8.64. The first-order chi connectivity index (χ1) is 16.6. The van der Waals surface area contributed by atoms with Gasteiger partial charge < -0.3 is 18.4 Å². The van der Waals surface area contributed by atoms with Gasteiger partial charge in [0, 0.05) is 19.1 Å². The third kappa shape index (κ3) is 4.38. The largest absolute Gasteiger partial charge is 0.493 e. The summed E-state index contributed by atoms with van der Waals surface area (Å²) >= 11 is -1.51. The molecule has 0 amide bonds. The summed E-state index contributed by atoms with van der Waals surface area (Å²) in [4.78, 5) is 2.49. The topological polar surface area (TPSA) is 57.2 Å². The van der Waals surface area contributed by atoms with Crippen LogP contribution in [0.4, 0.5) is 0 Å². The van der Waals surface area contributed by atoms with Crippen LogP contribution in [0.2, 0.25) is 0 Å². The molecule has 2 heterocycles. The van der Waals surface area contributed by atoms with Crippen molar-refractivity contribution in [2.45, 2.75) is 31.2 Å². The van der Waals surface area contributed by atoms with Crippen molar-refractivity contribution in [1.82, 2.24) is 4.90 Å². The second kappa shape index (κ2) is 9.68. The van der Waals surface area contributed by atoms with Crippen LogP contribution in [-0.2, 0) is 36.2 Å². The Morgan fingerprint density at radius 2 is 1.50 bits per heavy atom. The summed E-state index contributed by atoms with van der Waals surface area (Å²) in [5, 5.41) is 0. The third-order valence-corrected chi connectivity index (χ3v) is 7.63. The number of methoxy groups -OCH3 is 3. The zero-order valence-corrected chi connectivity index (χ0v) is 20.5. The van der Waals surface area contributed by atoms with E-state index in [1.54, 1.807) is 21.3 Å². The van der Waals surface area contributed by atoms with Gasteiger partial charge in [-0.15, -0.1) is 0 Å². The Kier molecular flexibility index (Phi) is 6.48. The summed E-state index contributed by atoms with van der Waals surface area (Å²) in [6.45, 7) is 1.82. The Labute approximate surface area is 203 Å². The average molecular weight is 480 g/mol. The molecule has 0 spiro atoms. The van der Waals surface area contributed by atoms with Crippen LogP contribution in [0.1, 0.15) is 33.9 Å². The monoisotopic (exact) mass is 479 g/mol. The van der Waals surface area contributed by atoms with Crippen molar-refractivity contribution in [2.75, 3.05) is 27.9 Å². The molecule has 6 nitrogen and oxygen atoms in total. The van der Waals surface area contributed by atoms with Gasteiger partial charge in [-0.3, -0.25) is 4.90 Å². The molecule has 2 unspecified atom stereocenters. The first-order valence-corrected chi connectivity index (χ1v) is 12.6. The summed E-state index contributed by atoms with van der Waals surface area (Å²) in [6, 6.07) is 18.2. The number of ether oxygens (including phenoxy) is 3. The Balaban J connectivity index is 1.44. The number of hydrogen-bond acceptors (Lipinski definition) is 6. The Bertz CT molecular complexity index is 1210. The van der Waals surface area contributed by atoms with Crippen molar-refractivity contribution in [3.05, 3.63) is 82.4 Å². The third-order valence-electron chi connectivity index (χ3n) is 6.70. The van der Waals surface area contributed by atoms with Gasteiger partial charge >= 0.3 is 0 Å². The molecule has 0 radical (unpaired) electrons. The molecule has 0 saturated heterocycles. The predicted octanol–water partition coefficient (Wildman–Crippen LogP) is 4.61. The van der Waals surface area contributed by atoms with Gasteiger partial charge in [0.15, 0.2) is 23.0 Å². The van der Waals surface area contributed by atoms with Crippen LogP contribution < -0.4 is 18.4 Å². The highest BCUT2D eigenvalue weighted by Crippen LogP contribution is 2.44. The van der Waals surface area contributed by atoms with Crippen molar-refractivity contribution in [2.24, 2.45) is 0 Å². The molecule has 2 aliphatic rings. The van der Waals surface area contributed by atoms with Crippen molar-refractivity contribution in [1.29, 1.82) is 0 Å². The minimum atomic E-state index is -1.51. The molecule has 5 rings (SSSR count). The first-order valence-electron chi connectivity index (χ1n) is 11.4. The molecular weight excluding hydrogens is 450 g/mol. The summed E-state index contributed by atoms with van der Waals surface area (Å²) in [7, 11) is 4.96. The van der Waals surface area contributed by atoms with Gasteiger partial charge in [0.05, 0.1) is 27.1 Å². The van der Waals surface area contributed by atoms with E-state index in [-0.39, 0.29) is 6.04 Å². The summed E-state index contributed by atoms with van der Waals surface area (Å²) in [5.41, 5.74) is 5.96. The summed E-state index contributed by atoms with van der Waals surface area (Å²) < 4.78 is 35.4. The molecule has 7 heteroatoms. The zero-order valence-electron chi connectivity index (χ0n) is 19.7. The smallest absolute Gasteiger partial charge is 0.211 e. The standard InChI is InChI=1S/C27H29NO5S/c1-30-24-13-20-11-23-22-15-27(33-34(29)17-18-7-5-4-6-8-18)26(32-3)12-19(22)9-10-28(23)16-21(20)14-25(24)31-2/h4-8,12-15,23H,9-11,16-17H2,1-3H3. The van der Waals surface area contributed by atoms with Crippen LogP contribution in [0.5, 0.6) is 23.0 Å². The number of fused-ring (bicyclic) bond motifs is 4. The fourth-order valence-electron chi connectivity index (χ4n) is 4.98. The molecule has 2 atom stereocenters. The molecule has 0 aromatic heterocycles. The predicted molar refractivity (Wildman–Crippen MR) is 132 cm³/mol. The van der Waals surface area contributed by atoms with E-state index in [1.807, 2.05) is 42.5 Å². The normalized spacial score (nSPS) is 17.7. The van der Waals surface area contributed by atoms with E-state index in [9.17, 15) is 4.21 Å². The molecule has 0 fully saturated rings. The maximum absolute atomic E-state index is 12.8. The van der Waals surface area contributed by atoms with E-state index < -0.39 is 11.1 Å². The maximum atomic E-state index is 12.8. The quantitative estimate of drug-likeness (QED) is 0.493. The van der Waals surface area contributed by atoms with Crippen molar-refractivity contribution in [3.8, 4) is 23.0 Å². The van der Waals surface area contributed by atoms with Gasteiger partial charge in [0.1, 0.15) is 0 Å². The van der Waals surface area contributed by atoms with Gasteiger partial charge in [-0.25, -0.2) is 4.21 Å². The van der Waals surface area contributed by atoms with E-state index in [4.69, 9.17) is 18.4 Å². The minimum Gasteiger partial charge on any atom is -0.493 e. The van der Waals surface area contributed by atoms with E-state index in [1.165, 1.54) is 22.3 Å². The van der Waals surface area contributed by atoms with Gasteiger partial charge in [-0.1, -0.05) is 30.3 Å². The van der Waals surface area contributed by atoms with Crippen LogP contribution in [0, 0.1) is 0 Å². The highest BCUT2D eigenvalue weighted by Gasteiger charge is 2.34. The van der Waals surface area contributed by atoms with E-state index in [0.717, 1.165) is 43.0 Å². The lowest BCUT2D eigenvalue weighted by Gasteiger charge is -2.41. The fourth-order valence-corrected chi connectivity index (χ4v) is 5.84. The van der Waals surface area contributed by atoms with Crippen LogP contribution in [0.3, 0.4) is 0 Å². The van der Waals surface area contributed by atoms with Crippen molar-refractivity contribution >= 4 is 11.1 Å². The molecule has 34 heavy (non-hydrogen) atoms. The molecule has 178 valence electrons. The summed E-state index contributed by atoms with van der Waals surface area (Å²) in [5.74, 6) is 2.98. The lowest BCUT2D eigenvalue weighted by Crippen LogP contribution is -2.39. The second-order valence-corrected chi connectivity index (χ2v) is 9.70. The van der Waals surface area contributed by atoms with Crippen LogP contribution in [0.15, 0.2) is 54.6 Å². The van der Waals surface area contributed by atoms with Crippen LogP contribution >= 0.6 is 0 Å². The summed E-state index contributed by atoms with van der Waals surface area (Å²) in [6.07, 6.45) is 1.79. The number of rotatable bonds is 7. The van der Waals surface area contributed by atoms with E-state index in [2.05, 4.69) is 17.0 Å². The van der Waals surface area contributed by atoms with Crippen LogP contribution in [-0.4, -0.2) is 37.0 Å². The molecule has 2 aliphatic heterocycles. The van der Waals surface area contributed by atoms with Crippen LogP contribution in [0.25, 0.3) is 0 Å². The first kappa shape index (κ1) is 22.7. The molecule has 0 N–H and O–H groups in total. The fraction of sp³-hybridized carbons (Fsp3) is 0.333. The minimum absolute atomic E-state index is 0.213. The van der Waals surface area contributed by atoms with E-state index in [0.29, 0.717) is 17.3 Å². The van der Waals surface area contributed by atoms with Crippen molar-refractivity contribution < 1.29 is 22.6 Å². The number of hydrogen-bond donors (Lipinski definition) is 0.